The van der Waals surface area contributed by atoms with E-state index in [9.17, 15) is 22.8 Å². The summed E-state index contributed by atoms with van der Waals surface area (Å²) in [5, 5.41) is 16.6. The largest absolute Gasteiger partial charge is 0.497 e. The molecule has 2 heterocycles. The molecule has 10 nitrogen and oxygen atoms in total. The molecule has 0 bridgehead atoms. The maximum absolute atomic E-state index is 14.1. The molecule has 45 heavy (non-hydrogen) atoms. The van der Waals surface area contributed by atoms with E-state index < -0.39 is 17.6 Å². The van der Waals surface area contributed by atoms with Crippen LogP contribution in [0.5, 0.6) is 5.75 Å². The van der Waals surface area contributed by atoms with Crippen molar-refractivity contribution in [2.75, 3.05) is 56.3 Å². The smallest absolute Gasteiger partial charge is 0.416 e. The molecule has 0 unspecified atom stereocenters. The van der Waals surface area contributed by atoms with Crippen molar-refractivity contribution < 1.29 is 27.5 Å². The fraction of sp³-hybridized carbons (Fsp3) is 0.344. The molecule has 2 amide bonds. The van der Waals surface area contributed by atoms with Crippen molar-refractivity contribution in [3.05, 3.63) is 71.3 Å². The van der Waals surface area contributed by atoms with Gasteiger partial charge in [0, 0.05) is 72.7 Å². The van der Waals surface area contributed by atoms with Crippen LogP contribution in [0, 0.1) is 5.92 Å². The summed E-state index contributed by atoms with van der Waals surface area (Å²) in [6, 6.07) is 14.2. The molecule has 1 saturated heterocycles. The van der Waals surface area contributed by atoms with Crippen molar-refractivity contribution in [3.63, 3.8) is 0 Å². The lowest BCUT2D eigenvalue weighted by atomic mass is 10.0. The number of benzene rings is 3. The van der Waals surface area contributed by atoms with Gasteiger partial charge in [0.05, 0.1) is 18.2 Å². The van der Waals surface area contributed by atoms with Crippen LogP contribution in [0.3, 0.4) is 0 Å². The van der Waals surface area contributed by atoms with Gasteiger partial charge in [-0.25, -0.2) is 0 Å². The molecule has 4 N–H and O–H groups in total. The number of rotatable bonds is 9. The maximum Gasteiger partial charge on any atom is 0.416 e. The molecule has 1 aliphatic heterocycles. The van der Waals surface area contributed by atoms with Gasteiger partial charge in [-0.3, -0.25) is 19.6 Å². The van der Waals surface area contributed by atoms with Crippen LogP contribution in [-0.2, 0) is 17.5 Å². The number of aromatic amines is 1. The number of fused-ring (bicyclic) bond motifs is 1. The number of hydrogen-bond acceptors (Lipinski definition) is 7. The number of nitrogens with one attached hydrogen (secondary N) is 4. The number of halogens is 3. The van der Waals surface area contributed by atoms with E-state index in [1.54, 1.807) is 12.1 Å². The summed E-state index contributed by atoms with van der Waals surface area (Å²) in [6.45, 7) is 3.15. The summed E-state index contributed by atoms with van der Waals surface area (Å²) in [5.41, 5.74) is 1.54. The van der Waals surface area contributed by atoms with E-state index in [4.69, 9.17) is 4.74 Å². The van der Waals surface area contributed by atoms with E-state index in [1.807, 2.05) is 30.1 Å². The monoisotopic (exact) mass is 621 g/mol. The van der Waals surface area contributed by atoms with Crippen molar-refractivity contribution in [2.45, 2.75) is 25.6 Å². The minimum atomic E-state index is -4.57. The first-order chi connectivity index (χ1) is 21.6. The average molecular weight is 622 g/mol. The van der Waals surface area contributed by atoms with E-state index in [1.165, 1.54) is 25.3 Å². The van der Waals surface area contributed by atoms with Gasteiger partial charge in [-0.15, -0.1) is 0 Å². The molecule has 1 aromatic heterocycles. The highest BCUT2D eigenvalue weighted by molar-refractivity contribution is 6.05. The Kier molecular flexibility index (Phi) is 8.38. The van der Waals surface area contributed by atoms with E-state index in [-0.39, 0.29) is 35.2 Å². The molecule has 2 fully saturated rings. The van der Waals surface area contributed by atoms with Crippen molar-refractivity contribution in [1.82, 2.24) is 20.0 Å². The zero-order valence-corrected chi connectivity index (χ0v) is 24.9. The summed E-state index contributed by atoms with van der Waals surface area (Å²) in [7, 11) is 3.45. The van der Waals surface area contributed by atoms with Crippen LogP contribution in [0.15, 0.2) is 54.6 Å². The zero-order chi connectivity index (χ0) is 31.7. The number of methoxy groups -OCH3 is 1. The summed E-state index contributed by atoms with van der Waals surface area (Å²) >= 11 is 0. The number of carbonyl (C=O) groups is 2. The second-order valence-corrected chi connectivity index (χ2v) is 11.6. The number of hydrogen-bond donors (Lipinski definition) is 4. The second kappa shape index (κ2) is 12.4. The third kappa shape index (κ3) is 7.21. The summed E-state index contributed by atoms with van der Waals surface area (Å²) in [6.07, 6.45) is -2.79. The molecule has 1 aliphatic carbocycles. The Hall–Kier alpha value is -4.62. The quantitative estimate of drug-likeness (QED) is 0.190. The summed E-state index contributed by atoms with van der Waals surface area (Å²) < 4.78 is 47.6. The molecule has 13 heteroatoms. The average Bonchev–Trinajstić information content (AvgIpc) is 3.80. The lowest BCUT2D eigenvalue weighted by molar-refractivity contribution is -0.138. The number of anilines is 4. The van der Waals surface area contributed by atoms with Gasteiger partial charge in [0.1, 0.15) is 5.75 Å². The zero-order valence-electron chi connectivity index (χ0n) is 24.9. The molecular weight excluding hydrogens is 587 g/mol. The molecular formula is C32H34F3N7O3. The molecule has 236 valence electrons. The van der Waals surface area contributed by atoms with Crippen molar-refractivity contribution in [2.24, 2.45) is 5.92 Å². The Labute approximate surface area is 257 Å². The van der Waals surface area contributed by atoms with Crippen molar-refractivity contribution in [3.8, 4) is 5.75 Å². The first-order valence-corrected chi connectivity index (χ1v) is 14.7. The van der Waals surface area contributed by atoms with Gasteiger partial charge in [0.25, 0.3) is 5.91 Å². The third-order valence-electron chi connectivity index (χ3n) is 8.11. The number of carbonyl (C=O) groups excluding carboxylic acids is 2. The molecule has 3 aromatic carbocycles. The van der Waals surface area contributed by atoms with Gasteiger partial charge in [0.2, 0.25) is 5.91 Å². The van der Waals surface area contributed by atoms with Crippen LogP contribution in [0.2, 0.25) is 0 Å². The molecule has 4 aromatic rings. The highest BCUT2D eigenvalue weighted by Crippen LogP contribution is 2.35. The normalized spacial score (nSPS) is 16.0. The fourth-order valence-corrected chi connectivity index (χ4v) is 5.35. The summed E-state index contributed by atoms with van der Waals surface area (Å²) in [5.74, 6) is 0.280. The number of alkyl halides is 3. The van der Waals surface area contributed by atoms with E-state index in [0.717, 1.165) is 37.4 Å². The first-order valence-electron chi connectivity index (χ1n) is 14.7. The Morgan fingerprint density at radius 2 is 1.71 bits per heavy atom. The predicted molar refractivity (Wildman–Crippen MR) is 166 cm³/mol. The number of H-pyrrole nitrogens is 1. The molecule has 0 radical (unpaired) electrons. The Morgan fingerprint density at radius 3 is 2.42 bits per heavy atom. The number of likely N-dealkylation sites (N-methyl/N-ethyl adjacent to an activating group) is 1. The van der Waals surface area contributed by atoms with Crippen LogP contribution in [-0.4, -0.2) is 72.1 Å². The van der Waals surface area contributed by atoms with Crippen LogP contribution < -0.4 is 20.7 Å². The SMILES string of the molecule is COc1cc(Nc2ccc3c(NC(=O)C4CC4)n[nH]c3c2)cc(C(=O)Nc2ccc(CN3CCN(C)CC3)c(C(F)(F)F)c2)c1. The number of piperazine rings is 1. The van der Waals surface area contributed by atoms with Crippen LogP contribution >= 0.6 is 0 Å². The Morgan fingerprint density at radius 1 is 0.956 bits per heavy atom. The number of aromatic nitrogens is 2. The topological polar surface area (TPSA) is 115 Å². The molecule has 0 spiro atoms. The lowest BCUT2D eigenvalue weighted by Gasteiger charge is -2.33. The summed E-state index contributed by atoms with van der Waals surface area (Å²) in [4.78, 5) is 29.6. The standard InChI is InChI=1S/C32H34F3N7O3/c1-41-9-11-42(12-10-41)18-20-5-6-22(16-27(20)32(33,34)35)37-31(44)21-13-24(15-25(14-21)45-2)36-23-7-8-26-28(17-23)39-40-29(26)38-30(43)19-3-4-19/h5-8,13-17,19,36H,3-4,9-12,18H2,1-2H3,(H,37,44)(H2,38,39,40,43). The van der Waals surface area contributed by atoms with Gasteiger partial charge in [-0.05, 0) is 67.9 Å². The van der Waals surface area contributed by atoms with Gasteiger partial charge in [0.15, 0.2) is 5.82 Å². The molecule has 2 aliphatic rings. The number of ether oxygens (including phenoxy) is 1. The van der Waals surface area contributed by atoms with Crippen LogP contribution in [0.4, 0.5) is 36.1 Å². The molecule has 6 rings (SSSR count). The highest BCUT2D eigenvalue weighted by Gasteiger charge is 2.34. The van der Waals surface area contributed by atoms with E-state index in [2.05, 4.69) is 31.0 Å². The first kappa shape index (κ1) is 30.4. The Balaban J connectivity index is 1.18. The minimum absolute atomic E-state index is 0.0379. The van der Waals surface area contributed by atoms with Crippen LogP contribution in [0.25, 0.3) is 10.9 Å². The second-order valence-electron chi connectivity index (χ2n) is 11.6. The van der Waals surface area contributed by atoms with E-state index in [0.29, 0.717) is 41.5 Å². The van der Waals surface area contributed by atoms with Crippen molar-refractivity contribution >= 4 is 45.6 Å². The highest BCUT2D eigenvalue weighted by atomic mass is 19.4. The lowest BCUT2D eigenvalue weighted by Crippen LogP contribution is -2.44. The minimum Gasteiger partial charge on any atom is -0.497 e. The van der Waals surface area contributed by atoms with Gasteiger partial charge >= 0.3 is 6.18 Å². The fourth-order valence-electron chi connectivity index (χ4n) is 5.35. The van der Waals surface area contributed by atoms with E-state index >= 15 is 0 Å². The van der Waals surface area contributed by atoms with Gasteiger partial charge in [-0.2, -0.15) is 18.3 Å². The van der Waals surface area contributed by atoms with Gasteiger partial charge < -0.3 is 25.6 Å². The predicted octanol–water partition coefficient (Wildman–Crippen LogP) is 5.68. The van der Waals surface area contributed by atoms with Crippen molar-refractivity contribution in [1.29, 1.82) is 0 Å². The van der Waals surface area contributed by atoms with Crippen LogP contribution in [0.1, 0.15) is 34.3 Å². The number of amides is 2. The molecule has 0 atom stereocenters. The number of nitrogens with zero attached hydrogens (tertiary/aromatic N) is 3. The Bertz CT molecular complexity index is 1730. The third-order valence-corrected chi connectivity index (χ3v) is 8.11. The molecule has 1 saturated carbocycles. The maximum atomic E-state index is 14.1. The van der Waals surface area contributed by atoms with Gasteiger partial charge in [-0.1, -0.05) is 6.07 Å².